The molecule has 23 heavy (non-hydrogen) atoms. The first kappa shape index (κ1) is 17.1. The number of hydrogen-bond donors (Lipinski definition) is 4. The highest BCUT2D eigenvalue weighted by molar-refractivity contribution is 6.28. The Labute approximate surface area is 140 Å². The van der Waals surface area contributed by atoms with Crippen LogP contribution in [0.2, 0.25) is 10.6 Å². The SMILES string of the molecule is CNc1nc(Cl)nc(NC(C)CNc2nc(Cl)nc(NF)n2)n1. The summed E-state index contributed by atoms with van der Waals surface area (Å²) in [5, 5.41) is 8.62. The standard InChI is InChI=1S/C10H13Cl2FN10/c1-4(16-9-19-5(11)17-7(14-2)21-9)3-15-8-18-6(12)20-10(22-8)23-13/h4H,3H2,1-2H3,(H2,14,16,17,19,21)(H2,15,18,20,22,23). The van der Waals surface area contributed by atoms with Crippen LogP contribution < -0.4 is 21.5 Å². The van der Waals surface area contributed by atoms with Crippen molar-refractivity contribution in [1.29, 1.82) is 0 Å². The second-order valence-electron chi connectivity index (χ2n) is 4.27. The van der Waals surface area contributed by atoms with Crippen LogP contribution in [0.4, 0.5) is 28.3 Å². The number of nitrogens with zero attached hydrogens (tertiary/aromatic N) is 6. The Bertz CT molecular complexity index is 672. The number of rotatable bonds is 7. The molecule has 2 rings (SSSR count). The molecule has 0 aliphatic carbocycles. The fourth-order valence-corrected chi connectivity index (χ4v) is 1.83. The average molecular weight is 363 g/mol. The molecule has 0 fully saturated rings. The molecule has 0 bridgehead atoms. The Balaban J connectivity index is 1.96. The summed E-state index contributed by atoms with van der Waals surface area (Å²) in [6.45, 7) is 2.24. The van der Waals surface area contributed by atoms with Crippen molar-refractivity contribution in [3.63, 3.8) is 0 Å². The summed E-state index contributed by atoms with van der Waals surface area (Å²) in [5.41, 5.74) is 1.30. The summed E-state index contributed by atoms with van der Waals surface area (Å²) >= 11 is 11.4. The van der Waals surface area contributed by atoms with Gasteiger partial charge in [0.2, 0.25) is 28.4 Å². The van der Waals surface area contributed by atoms with Crippen LogP contribution >= 0.6 is 23.2 Å². The maximum Gasteiger partial charge on any atom is 0.257 e. The molecule has 0 saturated heterocycles. The largest absolute Gasteiger partial charge is 0.357 e. The van der Waals surface area contributed by atoms with E-state index in [-0.39, 0.29) is 28.5 Å². The lowest BCUT2D eigenvalue weighted by atomic mass is 10.3. The van der Waals surface area contributed by atoms with Gasteiger partial charge in [-0.1, -0.05) is 0 Å². The van der Waals surface area contributed by atoms with Gasteiger partial charge >= 0.3 is 0 Å². The van der Waals surface area contributed by atoms with E-state index in [1.807, 2.05) is 6.92 Å². The molecule has 0 radical (unpaired) electrons. The molecule has 0 amide bonds. The molecule has 0 spiro atoms. The normalized spacial score (nSPS) is 11.7. The first-order valence-corrected chi connectivity index (χ1v) is 7.13. The topological polar surface area (TPSA) is 125 Å². The van der Waals surface area contributed by atoms with E-state index in [1.165, 1.54) is 5.54 Å². The maximum absolute atomic E-state index is 12.3. The summed E-state index contributed by atoms with van der Waals surface area (Å²) in [6.07, 6.45) is 0. The second-order valence-corrected chi connectivity index (χ2v) is 4.95. The number of nitrogens with one attached hydrogen (secondary N) is 4. The Morgan fingerprint density at radius 2 is 1.48 bits per heavy atom. The fraction of sp³-hybridized carbons (Fsp3) is 0.400. The number of anilines is 4. The molecule has 2 aromatic rings. The van der Waals surface area contributed by atoms with Gasteiger partial charge in [-0.15, -0.1) is 4.48 Å². The maximum atomic E-state index is 12.3. The Morgan fingerprint density at radius 3 is 2.13 bits per heavy atom. The average Bonchev–Trinajstić information content (AvgIpc) is 2.51. The van der Waals surface area contributed by atoms with Gasteiger partial charge in [0, 0.05) is 19.6 Å². The summed E-state index contributed by atoms with van der Waals surface area (Å²) in [7, 11) is 1.67. The summed E-state index contributed by atoms with van der Waals surface area (Å²) in [6, 6.07) is -0.129. The van der Waals surface area contributed by atoms with Crippen molar-refractivity contribution in [2.24, 2.45) is 0 Å². The van der Waals surface area contributed by atoms with Gasteiger partial charge < -0.3 is 16.0 Å². The third-order valence-corrected chi connectivity index (χ3v) is 2.80. The number of halogens is 3. The van der Waals surface area contributed by atoms with E-state index in [9.17, 15) is 4.48 Å². The molecule has 2 heterocycles. The molecule has 0 aliphatic heterocycles. The van der Waals surface area contributed by atoms with Crippen LogP contribution in [0.3, 0.4) is 0 Å². The van der Waals surface area contributed by atoms with E-state index in [4.69, 9.17) is 23.2 Å². The third kappa shape index (κ3) is 5.14. The lowest BCUT2D eigenvalue weighted by molar-refractivity contribution is 0.603. The van der Waals surface area contributed by atoms with Gasteiger partial charge in [-0.05, 0) is 30.1 Å². The first-order chi connectivity index (χ1) is 11.0. The quantitative estimate of drug-likeness (QED) is 0.539. The van der Waals surface area contributed by atoms with Crippen LogP contribution in [-0.2, 0) is 0 Å². The molecule has 4 N–H and O–H groups in total. The van der Waals surface area contributed by atoms with Crippen molar-refractivity contribution in [2.75, 3.05) is 35.1 Å². The third-order valence-electron chi connectivity index (χ3n) is 2.47. The molecule has 1 atom stereocenters. The van der Waals surface area contributed by atoms with Crippen LogP contribution in [0.15, 0.2) is 0 Å². The molecule has 0 aliphatic rings. The van der Waals surface area contributed by atoms with E-state index in [0.29, 0.717) is 18.4 Å². The second kappa shape index (κ2) is 7.83. The summed E-state index contributed by atoms with van der Waals surface area (Å²) < 4.78 is 12.3. The fourth-order valence-electron chi connectivity index (χ4n) is 1.51. The Kier molecular flexibility index (Phi) is 5.82. The molecular formula is C10H13Cl2FN10. The number of hydrogen-bond acceptors (Lipinski definition) is 10. The predicted octanol–water partition coefficient (Wildman–Crippen LogP) is 1.61. The molecule has 0 aromatic carbocycles. The van der Waals surface area contributed by atoms with Gasteiger partial charge in [0.15, 0.2) is 0 Å². The van der Waals surface area contributed by atoms with E-state index in [2.05, 4.69) is 45.9 Å². The highest BCUT2D eigenvalue weighted by Crippen LogP contribution is 2.11. The van der Waals surface area contributed by atoms with Crippen LogP contribution in [0.5, 0.6) is 0 Å². The van der Waals surface area contributed by atoms with Crippen LogP contribution in [0, 0.1) is 0 Å². The Hall–Kier alpha value is -2.27. The minimum absolute atomic E-state index is 0.0647. The van der Waals surface area contributed by atoms with E-state index < -0.39 is 0 Å². The van der Waals surface area contributed by atoms with Crippen molar-refractivity contribution in [3.05, 3.63) is 10.6 Å². The van der Waals surface area contributed by atoms with Crippen molar-refractivity contribution in [2.45, 2.75) is 13.0 Å². The summed E-state index contributed by atoms with van der Waals surface area (Å²) in [5.74, 6) is 0.499. The minimum atomic E-state index is -0.281. The first-order valence-electron chi connectivity index (χ1n) is 6.38. The zero-order chi connectivity index (χ0) is 16.8. The lowest BCUT2D eigenvalue weighted by Gasteiger charge is -2.15. The lowest BCUT2D eigenvalue weighted by Crippen LogP contribution is -2.27. The number of aromatic nitrogens is 6. The zero-order valence-corrected chi connectivity index (χ0v) is 13.6. The molecule has 0 saturated carbocycles. The monoisotopic (exact) mass is 362 g/mol. The minimum Gasteiger partial charge on any atom is -0.357 e. The molecule has 124 valence electrons. The molecule has 2 aromatic heterocycles. The van der Waals surface area contributed by atoms with Crippen molar-refractivity contribution < 1.29 is 4.48 Å². The summed E-state index contributed by atoms with van der Waals surface area (Å²) in [4.78, 5) is 23.1. The molecule has 13 heteroatoms. The van der Waals surface area contributed by atoms with E-state index in [0.717, 1.165) is 0 Å². The highest BCUT2D eigenvalue weighted by Gasteiger charge is 2.09. The van der Waals surface area contributed by atoms with Gasteiger partial charge in [-0.3, -0.25) is 0 Å². The van der Waals surface area contributed by atoms with Crippen molar-refractivity contribution >= 4 is 47.0 Å². The Morgan fingerprint density at radius 1 is 0.913 bits per heavy atom. The van der Waals surface area contributed by atoms with Crippen molar-refractivity contribution in [3.8, 4) is 0 Å². The van der Waals surface area contributed by atoms with Gasteiger partial charge in [-0.25, -0.2) is 0 Å². The van der Waals surface area contributed by atoms with Crippen LogP contribution in [0.1, 0.15) is 6.92 Å². The van der Waals surface area contributed by atoms with E-state index >= 15 is 0 Å². The van der Waals surface area contributed by atoms with Gasteiger partial charge in [-0.2, -0.15) is 35.4 Å². The zero-order valence-electron chi connectivity index (χ0n) is 12.1. The van der Waals surface area contributed by atoms with Gasteiger partial charge in [0.1, 0.15) is 0 Å². The van der Waals surface area contributed by atoms with Crippen LogP contribution in [-0.4, -0.2) is 49.5 Å². The van der Waals surface area contributed by atoms with Crippen LogP contribution in [0.25, 0.3) is 0 Å². The highest BCUT2D eigenvalue weighted by atomic mass is 35.5. The molecule has 1 unspecified atom stereocenters. The smallest absolute Gasteiger partial charge is 0.257 e. The van der Waals surface area contributed by atoms with E-state index in [1.54, 1.807) is 7.05 Å². The van der Waals surface area contributed by atoms with Gasteiger partial charge in [0.25, 0.3) is 5.95 Å². The molecular weight excluding hydrogens is 350 g/mol. The molecule has 10 nitrogen and oxygen atoms in total. The van der Waals surface area contributed by atoms with Crippen molar-refractivity contribution in [1.82, 2.24) is 29.9 Å². The predicted molar refractivity (Wildman–Crippen MR) is 85.5 cm³/mol. The van der Waals surface area contributed by atoms with Gasteiger partial charge in [0.05, 0.1) is 0 Å².